The number of aromatic carboxylic acids is 1. The highest BCUT2D eigenvalue weighted by Crippen LogP contribution is 2.26. The fraction of sp³-hybridized carbons (Fsp3) is 0.417. The Morgan fingerprint density at radius 3 is 2.65 bits per heavy atom. The van der Waals surface area contributed by atoms with Crippen molar-refractivity contribution in [3.8, 4) is 0 Å². The summed E-state index contributed by atoms with van der Waals surface area (Å²) < 4.78 is 32.0. The zero-order valence-electron chi connectivity index (χ0n) is 10.9. The molecule has 20 heavy (non-hydrogen) atoms. The van der Waals surface area contributed by atoms with Crippen LogP contribution in [-0.4, -0.2) is 38.7 Å². The normalized spacial score (nSPS) is 22.2. The molecular weight excluding hydrogens is 284 g/mol. The van der Waals surface area contributed by atoms with Gasteiger partial charge in [0.1, 0.15) is 0 Å². The predicted molar refractivity (Wildman–Crippen MR) is 72.0 cm³/mol. The number of nitrogens with one attached hydrogen (secondary N) is 1. The van der Waals surface area contributed by atoms with Crippen LogP contribution in [0.5, 0.6) is 0 Å². The lowest BCUT2D eigenvalue weighted by atomic mass is 9.90. The van der Waals surface area contributed by atoms with Crippen LogP contribution in [0.15, 0.2) is 23.1 Å². The van der Waals surface area contributed by atoms with Crippen LogP contribution in [0, 0.1) is 0 Å². The van der Waals surface area contributed by atoms with Gasteiger partial charge in [0.05, 0.1) is 16.6 Å². The number of benzene rings is 1. The Kier molecular flexibility index (Phi) is 3.98. The van der Waals surface area contributed by atoms with Crippen LogP contribution in [0.3, 0.4) is 0 Å². The van der Waals surface area contributed by atoms with Crippen LogP contribution in [0.2, 0.25) is 0 Å². The van der Waals surface area contributed by atoms with Crippen molar-refractivity contribution in [1.29, 1.82) is 0 Å². The van der Waals surface area contributed by atoms with E-state index in [9.17, 15) is 13.2 Å². The SMILES string of the molecule is COC1CC(NS(=O)(=O)c2ccc(N)cc2C(=O)O)C1. The summed E-state index contributed by atoms with van der Waals surface area (Å²) in [4.78, 5) is 10.8. The average Bonchev–Trinajstić information content (AvgIpc) is 2.32. The summed E-state index contributed by atoms with van der Waals surface area (Å²) >= 11 is 0. The van der Waals surface area contributed by atoms with Crippen molar-refractivity contribution in [3.63, 3.8) is 0 Å². The molecule has 1 aliphatic carbocycles. The highest BCUT2D eigenvalue weighted by atomic mass is 32.2. The number of sulfonamides is 1. The third-order valence-electron chi connectivity index (χ3n) is 3.27. The van der Waals surface area contributed by atoms with Crippen LogP contribution in [0.25, 0.3) is 0 Å². The molecule has 0 spiro atoms. The van der Waals surface area contributed by atoms with Gasteiger partial charge in [0.25, 0.3) is 0 Å². The number of ether oxygens (including phenoxy) is 1. The number of nitrogen functional groups attached to an aromatic ring is 1. The molecule has 1 fully saturated rings. The van der Waals surface area contributed by atoms with E-state index in [1.165, 1.54) is 12.1 Å². The number of methoxy groups -OCH3 is 1. The Labute approximate surface area is 116 Å². The smallest absolute Gasteiger partial charge is 0.337 e. The molecule has 0 heterocycles. The number of rotatable bonds is 5. The average molecular weight is 300 g/mol. The van der Waals surface area contributed by atoms with Crippen LogP contribution >= 0.6 is 0 Å². The lowest BCUT2D eigenvalue weighted by Gasteiger charge is -2.34. The molecule has 4 N–H and O–H groups in total. The molecule has 0 atom stereocenters. The largest absolute Gasteiger partial charge is 0.478 e. The fourth-order valence-electron chi connectivity index (χ4n) is 2.09. The number of nitrogens with two attached hydrogens (primary N) is 1. The topological polar surface area (TPSA) is 119 Å². The minimum atomic E-state index is -3.89. The molecule has 0 radical (unpaired) electrons. The third kappa shape index (κ3) is 2.92. The first-order valence-corrected chi connectivity index (χ1v) is 7.49. The maximum Gasteiger partial charge on any atom is 0.337 e. The van der Waals surface area contributed by atoms with Gasteiger partial charge in [0.2, 0.25) is 10.0 Å². The van der Waals surface area contributed by atoms with E-state index in [0.717, 1.165) is 6.07 Å². The van der Waals surface area contributed by atoms with Gasteiger partial charge < -0.3 is 15.6 Å². The molecule has 1 aliphatic rings. The second-order valence-corrected chi connectivity index (χ2v) is 6.39. The molecule has 0 aliphatic heterocycles. The highest BCUT2D eigenvalue weighted by molar-refractivity contribution is 7.89. The zero-order chi connectivity index (χ0) is 14.9. The first kappa shape index (κ1) is 14.8. The molecule has 110 valence electrons. The van der Waals surface area contributed by atoms with Crippen molar-refractivity contribution in [2.24, 2.45) is 0 Å². The Balaban J connectivity index is 2.24. The van der Waals surface area contributed by atoms with Crippen molar-refractivity contribution in [1.82, 2.24) is 4.72 Å². The van der Waals surface area contributed by atoms with Gasteiger partial charge in [-0.2, -0.15) is 0 Å². The van der Waals surface area contributed by atoms with Gasteiger partial charge in [-0.15, -0.1) is 0 Å². The molecule has 0 aromatic heterocycles. The zero-order valence-corrected chi connectivity index (χ0v) is 11.7. The molecular formula is C12H16N2O5S. The van der Waals surface area contributed by atoms with Crippen molar-refractivity contribution < 1.29 is 23.1 Å². The van der Waals surface area contributed by atoms with Gasteiger partial charge in [0.15, 0.2) is 0 Å². The minimum Gasteiger partial charge on any atom is -0.478 e. The molecule has 1 aromatic carbocycles. The van der Waals surface area contributed by atoms with Crippen molar-refractivity contribution in [2.45, 2.75) is 29.9 Å². The summed E-state index contributed by atoms with van der Waals surface area (Å²) in [6, 6.07) is 3.47. The van der Waals surface area contributed by atoms with E-state index in [4.69, 9.17) is 15.6 Å². The van der Waals surface area contributed by atoms with Crippen molar-refractivity contribution in [3.05, 3.63) is 23.8 Å². The molecule has 8 heteroatoms. The highest BCUT2D eigenvalue weighted by Gasteiger charge is 2.34. The van der Waals surface area contributed by atoms with E-state index < -0.39 is 16.0 Å². The molecule has 2 rings (SSSR count). The molecule has 0 saturated heterocycles. The van der Waals surface area contributed by atoms with E-state index in [0.29, 0.717) is 12.8 Å². The van der Waals surface area contributed by atoms with Gasteiger partial charge >= 0.3 is 5.97 Å². The monoisotopic (exact) mass is 300 g/mol. The summed E-state index contributed by atoms with van der Waals surface area (Å²) in [7, 11) is -2.32. The van der Waals surface area contributed by atoms with E-state index in [-0.39, 0.29) is 28.3 Å². The van der Waals surface area contributed by atoms with E-state index in [2.05, 4.69) is 4.72 Å². The summed E-state index contributed by atoms with van der Waals surface area (Å²) in [6.07, 6.45) is 1.20. The molecule has 0 bridgehead atoms. The van der Waals surface area contributed by atoms with Crippen LogP contribution < -0.4 is 10.5 Å². The predicted octanol–water partition coefficient (Wildman–Crippen LogP) is 0.423. The standard InChI is InChI=1S/C12H16N2O5S/c1-19-9-5-8(6-9)14-20(17,18)11-3-2-7(13)4-10(11)12(15)16/h2-4,8-9,14H,5-6,13H2,1H3,(H,15,16). The van der Waals surface area contributed by atoms with Crippen LogP contribution in [0.1, 0.15) is 23.2 Å². The number of carbonyl (C=O) groups is 1. The number of carboxylic acids is 1. The van der Waals surface area contributed by atoms with Gasteiger partial charge in [-0.05, 0) is 31.0 Å². The number of carboxylic acid groups (broad SMARTS) is 1. The molecule has 1 aromatic rings. The van der Waals surface area contributed by atoms with Crippen LogP contribution in [0.4, 0.5) is 5.69 Å². The Morgan fingerprint density at radius 1 is 1.45 bits per heavy atom. The summed E-state index contributed by atoms with van der Waals surface area (Å²) in [6.45, 7) is 0. The summed E-state index contributed by atoms with van der Waals surface area (Å²) in [5.74, 6) is -1.33. The maximum absolute atomic E-state index is 12.2. The van der Waals surface area contributed by atoms with Crippen LogP contribution in [-0.2, 0) is 14.8 Å². The van der Waals surface area contributed by atoms with E-state index >= 15 is 0 Å². The molecule has 7 nitrogen and oxygen atoms in total. The van der Waals surface area contributed by atoms with Gasteiger partial charge in [0, 0.05) is 18.8 Å². The van der Waals surface area contributed by atoms with Gasteiger partial charge in [-0.1, -0.05) is 0 Å². The van der Waals surface area contributed by atoms with Gasteiger partial charge in [-0.3, -0.25) is 0 Å². The number of anilines is 1. The second-order valence-electron chi connectivity index (χ2n) is 4.71. The second kappa shape index (κ2) is 5.39. The summed E-state index contributed by atoms with van der Waals surface area (Å²) in [5, 5.41) is 9.07. The Bertz CT molecular complexity index is 623. The molecule has 0 unspecified atom stereocenters. The first-order valence-electron chi connectivity index (χ1n) is 6.01. The Hall–Kier alpha value is -1.64. The molecule has 1 saturated carbocycles. The summed E-state index contributed by atoms with van der Waals surface area (Å²) in [5.41, 5.74) is 5.35. The van der Waals surface area contributed by atoms with Crippen molar-refractivity contribution in [2.75, 3.05) is 12.8 Å². The first-order chi connectivity index (χ1) is 9.33. The van der Waals surface area contributed by atoms with Crippen molar-refractivity contribution >= 4 is 21.7 Å². The number of hydrogen-bond donors (Lipinski definition) is 3. The number of hydrogen-bond acceptors (Lipinski definition) is 5. The van der Waals surface area contributed by atoms with Gasteiger partial charge in [-0.25, -0.2) is 17.9 Å². The minimum absolute atomic E-state index is 0.0491. The quantitative estimate of drug-likeness (QED) is 0.678. The van der Waals surface area contributed by atoms with E-state index in [1.807, 2.05) is 0 Å². The Morgan fingerprint density at radius 2 is 2.10 bits per heavy atom. The maximum atomic E-state index is 12.2. The fourth-order valence-corrected chi connectivity index (χ4v) is 3.53. The lowest BCUT2D eigenvalue weighted by Crippen LogP contribution is -2.47. The molecule has 0 amide bonds. The lowest BCUT2D eigenvalue weighted by molar-refractivity contribution is 0.0236. The van der Waals surface area contributed by atoms with E-state index in [1.54, 1.807) is 7.11 Å². The third-order valence-corrected chi connectivity index (χ3v) is 4.85.